The van der Waals surface area contributed by atoms with Crippen LogP contribution in [0.2, 0.25) is 0 Å². The van der Waals surface area contributed by atoms with E-state index in [0.717, 1.165) is 25.3 Å². The molecule has 0 bridgehead atoms. The van der Waals surface area contributed by atoms with E-state index in [1.807, 2.05) is 6.07 Å². The molecule has 1 heterocycles. The fourth-order valence-corrected chi connectivity index (χ4v) is 2.45. The molecular formula is C16H23N3. The molecule has 0 saturated heterocycles. The third kappa shape index (κ3) is 2.80. The third-order valence-corrected chi connectivity index (χ3v) is 3.63. The molecule has 1 aromatic carbocycles. The molecule has 0 aliphatic heterocycles. The maximum Gasteiger partial charge on any atom is 0.130 e. The number of benzene rings is 1. The van der Waals surface area contributed by atoms with Gasteiger partial charge in [-0.3, -0.25) is 0 Å². The van der Waals surface area contributed by atoms with Crippen LogP contribution in [0.25, 0.3) is 0 Å². The quantitative estimate of drug-likeness (QED) is 0.818. The first-order valence-corrected chi connectivity index (χ1v) is 7.00. The minimum Gasteiger partial charge on any atom is -0.357 e. The van der Waals surface area contributed by atoms with Crippen LogP contribution in [0.1, 0.15) is 30.7 Å². The molecule has 0 saturated carbocycles. The Bertz CT molecular complexity index is 524. The van der Waals surface area contributed by atoms with Crippen molar-refractivity contribution in [3.05, 3.63) is 47.2 Å². The molecule has 1 aromatic heterocycles. The molecule has 0 N–H and O–H groups in total. The minimum atomic E-state index is 0.835. The van der Waals surface area contributed by atoms with Crippen LogP contribution in [0.15, 0.2) is 30.3 Å². The average Bonchev–Trinajstić information content (AvgIpc) is 2.69. The van der Waals surface area contributed by atoms with Crippen molar-refractivity contribution in [1.29, 1.82) is 0 Å². The highest BCUT2D eigenvalue weighted by molar-refractivity contribution is 5.49. The van der Waals surface area contributed by atoms with Crippen molar-refractivity contribution in [3.8, 4) is 0 Å². The van der Waals surface area contributed by atoms with Crippen molar-refractivity contribution >= 4 is 5.82 Å². The highest BCUT2D eigenvalue weighted by Gasteiger charge is 2.16. The summed E-state index contributed by atoms with van der Waals surface area (Å²) >= 11 is 0. The zero-order valence-corrected chi connectivity index (χ0v) is 12.3. The fourth-order valence-electron chi connectivity index (χ4n) is 2.45. The van der Waals surface area contributed by atoms with Crippen molar-refractivity contribution in [2.24, 2.45) is 0 Å². The predicted octanol–water partition coefficient (Wildman–Crippen LogP) is 3.39. The summed E-state index contributed by atoms with van der Waals surface area (Å²) in [5.41, 5.74) is 3.70. The first-order valence-electron chi connectivity index (χ1n) is 7.00. The minimum absolute atomic E-state index is 0.835. The Morgan fingerprint density at radius 2 is 1.68 bits per heavy atom. The van der Waals surface area contributed by atoms with Crippen molar-refractivity contribution in [3.63, 3.8) is 0 Å². The zero-order valence-electron chi connectivity index (χ0n) is 12.3. The van der Waals surface area contributed by atoms with Crippen LogP contribution in [0.5, 0.6) is 0 Å². The molecule has 0 amide bonds. The van der Waals surface area contributed by atoms with Crippen molar-refractivity contribution in [1.82, 2.24) is 9.78 Å². The number of rotatable bonds is 5. The number of hydrogen-bond acceptors (Lipinski definition) is 2. The summed E-state index contributed by atoms with van der Waals surface area (Å²) in [4.78, 5) is 2.37. The van der Waals surface area contributed by atoms with Crippen molar-refractivity contribution < 1.29 is 0 Å². The van der Waals surface area contributed by atoms with Crippen LogP contribution in [-0.2, 0) is 6.54 Å². The van der Waals surface area contributed by atoms with E-state index in [2.05, 4.69) is 61.5 Å². The molecule has 102 valence electrons. The smallest absolute Gasteiger partial charge is 0.130 e. The first kappa shape index (κ1) is 13.7. The second-order valence-electron chi connectivity index (χ2n) is 4.85. The van der Waals surface area contributed by atoms with Gasteiger partial charge in [0, 0.05) is 18.7 Å². The lowest BCUT2D eigenvalue weighted by molar-refractivity contribution is 0.657. The molecule has 0 unspecified atom stereocenters. The van der Waals surface area contributed by atoms with Gasteiger partial charge in [-0.1, -0.05) is 30.3 Å². The summed E-state index contributed by atoms with van der Waals surface area (Å²) in [6.07, 6.45) is 0. The molecule has 0 aliphatic rings. The first-order chi connectivity index (χ1) is 9.17. The number of anilines is 1. The molecule has 0 aliphatic carbocycles. The molecule has 0 atom stereocenters. The number of nitrogens with zero attached hydrogens (tertiary/aromatic N) is 3. The van der Waals surface area contributed by atoms with E-state index in [4.69, 9.17) is 5.10 Å². The third-order valence-electron chi connectivity index (χ3n) is 3.63. The fraction of sp³-hybridized carbons (Fsp3) is 0.438. The summed E-state index contributed by atoms with van der Waals surface area (Å²) in [6.45, 7) is 11.5. The van der Waals surface area contributed by atoms with Crippen molar-refractivity contribution in [2.75, 3.05) is 18.0 Å². The Labute approximate surface area is 115 Å². The Morgan fingerprint density at radius 3 is 2.26 bits per heavy atom. The molecule has 2 rings (SSSR count). The second-order valence-corrected chi connectivity index (χ2v) is 4.85. The summed E-state index contributed by atoms with van der Waals surface area (Å²) in [5.74, 6) is 1.26. The van der Waals surface area contributed by atoms with Gasteiger partial charge in [-0.05, 0) is 33.3 Å². The lowest BCUT2D eigenvalue weighted by Crippen LogP contribution is -2.26. The van der Waals surface area contributed by atoms with Gasteiger partial charge < -0.3 is 4.90 Å². The highest BCUT2D eigenvalue weighted by Crippen LogP contribution is 2.23. The Balaban J connectivity index is 2.37. The van der Waals surface area contributed by atoms with E-state index < -0.39 is 0 Å². The summed E-state index contributed by atoms with van der Waals surface area (Å²) in [6, 6.07) is 10.5. The standard InChI is InChI=1S/C16H23N3/c1-5-18(6-2)16-13(3)14(4)17-19(16)12-15-10-8-7-9-11-15/h7-11H,5-6,12H2,1-4H3. The van der Waals surface area contributed by atoms with Gasteiger partial charge in [0.05, 0.1) is 12.2 Å². The zero-order chi connectivity index (χ0) is 13.8. The van der Waals surface area contributed by atoms with Crippen molar-refractivity contribution in [2.45, 2.75) is 34.2 Å². The molecule has 3 heteroatoms. The van der Waals surface area contributed by atoms with Crippen LogP contribution < -0.4 is 4.90 Å². The lowest BCUT2D eigenvalue weighted by Gasteiger charge is -2.23. The molecular weight excluding hydrogens is 234 g/mol. The monoisotopic (exact) mass is 257 g/mol. The highest BCUT2D eigenvalue weighted by atomic mass is 15.4. The van der Waals surface area contributed by atoms with E-state index in [1.54, 1.807) is 0 Å². The Hall–Kier alpha value is -1.77. The topological polar surface area (TPSA) is 21.1 Å². The maximum absolute atomic E-state index is 4.70. The summed E-state index contributed by atoms with van der Waals surface area (Å²) in [7, 11) is 0. The van der Waals surface area contributed by atoms with Crippen LogP contribution in [0.4, 0.5) is 5.82 Å². The summed E-state index contributed by atoms with van der Waals surface area (Å²) < 4.78 is 2.13. The van der Waals surface area contributed by atoms with E-state index in [9.17, 15) is 0 Å². The molecule has 0 spiro atoms. The molecule has 3 nitrogen and oxygen atoms in total. The average molecular weight is 257 g/mol. The lowest BCUT2D eigenvalue weighted by atomic mass is 10.2. The molecule has 0 fully saturated rings. The van der Waals surface area contributed by atoms with Crippen LogP contribution in [0.3, 0.4) is 0 Å². The largest absolute Gasteiger partial charge is 0.357 e. The second kappa shape index (κ2) is 5.91. The Morgan fingerprint density at radius 1 is 1.05 bits per heavy atom. The number of hydrogen-bond donors (Lipinski definition) is 0. The molecule has 0 radical (unpaired) electrons. The number of aryl methyl sites for hydroxylation is 1. The maximum atomic E-state index is 4.70. The van der Waals surface area contributed by atoms with E-state index in [0.29, 0.717) is 0 Å². The van der Waals surface area contributed by atoms with Gasteiger partial charge in [-0.15, -0.1) is 0 Å². The number of aromatic nitrogens is 2. The molecule has 19 heavy (non-hydrogen) atoms. The van der Waals surface area contributed by atoms with Crippen LogP contribution >= 0.6 is 0 Å². The van der Waals surface area contributed by atoms with Gasteiger partial charge in [0.25, 0.3) is 0 Å². The van der Waals surface area contributed by atoms with E-state index in [1.165, 1.54) is 16.9 Å². The predicted molar refractivity (Wildman–Crippen MR) is 80.8 cm³/mol. The van der Waals surface area contributed by atoms with E-state index >= 15 is 0 Å². The van der Waals surface area contributed by atoms with Gasteiger partial charge in [0.1, 0.15) is 5.82 Å². The normalized spacial score (nSPS) is 10.7. The van der Waals surface area contributed by atoms with E-state index in [-0.39, 0.29) is 0 Å². The van der Waals surface area contributed by atoms with Gasteiger partial charge in [-0.2, -0.15) is 5.10 Å². The van der Waals surface area contributed by atoms with Crippen LogP contribution in [0, 0.1) is 13.8 Å². The van der Waals surface area contributed by atoms with Crippen LogP contribution in [-0.4, -0.2) is 22.9 Å². The van der Waals surface area contributed by atoms with Gasteiger partial charge in [0.15, 0.2) is 0 Å². The molecule has 2 aromatic rings. The van der Waals surface area contributed by atoms with Gasteiger partial charge in [0.2, 0.25) is 0 Å². The SMILES string of the molecule is CCN(CC)c1c(C)c(C)nn1Cc1ccccc1. The van der Waals surface area contributed by atoms with Gasteiger partial charge in [-0.25, -0.2) is 4.68 Å². The Kier molecular flexibility index (Phi) is 4.25. The van der Waals surface area contributed by atoms with Gasteiger partial charge >= 0.3 is 0 Å². The summed E-state index contributed by atoms with van der Waals surface area (Å²) in [5, 5.41) is 4.70.